The van der Waals surface area contributed by atoms with Crippen LogP contribution in [0.1, 0.15) is 17.2 Å². The molecule has 0 fully saturated rings. The monoisotopic (exact) mass is 229 g/mol. The Morgan fingerprint density at radius 1 is 1.00 bits per heavy atom. The molecule has 5 heteroatoms. The van der Waals surface area contributed by atoms with Crippen LogP contribution in [0.15, 0.2) is 42.6 Å². The van der Waals surface area contributed by atoms with Crippen molar-refractivity contribution < 1.29 is 0 Å². The number of benzene rings is 1. The molecule has 0 radical (unpaired) electrons. The second-order valence-corrected chi connectivity index (χ2v) is 3.71. The lowest BCUT2D eigenvalue weighted by atomic mass is 9.98. The van der Waals surface area contributed by atoms with Crippen molar-refractivity contribution in [3.8, 4) is 0 Å². The van der Waals surface area contributed by atoms with Crippen LogP contribution in [0.5, 0.6) is 0 Å². The van der Waals surface area contributed by atoms with Gasteiger partial charge in [0, 0.05) is 17.4 Å². The van der Waals surface area contributed by atoms with E-state index < -0.39 is 0 Å². The van der Waals surface area contributed by atoms with Crippen LogP contribution >= 0.6 is 0 Å². The van der Waals surface area contributed by atoms with E-state index in [2.05, 4.69) is 10.4 Å². The van der Waals surface area contributed by atoms with Crippen LogP contribution in [0.25, 0.3) is 0 Å². The summed E-state index contributed by atoms with van der Waals surface area (Å²) < 4.78 is 0. The van der Waals surface area contributed by atoms with Gasteiger partial charge in [0.05, 0.1) is 6.04 Å². The highest BCUT2D eigenvalue weighted by molar-refractivity contribution is 5.54. The van der Waals surface area contributed by atoms with E-state index in [1.165, 1.54) is 0 Å². The van der Waals surface area contributed by atoms with Gasteiger partial charge in [-0.25, -0.2) is 10.4 Å². The lowest BCUT2D eigenvalue weighted by Crippen LogP contribution is -2.30. The highest BCUT2D eigenvalue weighted by Crippen LogP contribution is 2.28. The van der Waals surface area contributed by atoms with Crippen LogP contribution in [-0.4, -0.2) is 4.98 Å². The highest BCUT2D eigenvalue weighted by atomic mass is 15.2. The molecule has 17 heavy (non-hydrogen) atoms. The Balaban J connectivity index is 2.48. The number of para-hydroxylation sites is 1. The lowest BCUT2D eigenvalue weighted by Gasteiger charge is -2.19. The van der Waals surface area contributed by atoms with Crippen molar-refractivity contribution >= 4 is 11.5 Å². The van der Waals surface area contributed by atoms with Crippen molar-refractivity contribution in [2.24, 2.45) is 5.84 Å². The van der Waals surface area contributed by atoms with Gasteiger partial charge in [0.1, 0.15) is 5.82 Å². The molecule has 1 aromatic heterocycles. The first-order chi connectivity index (χ1) is 8.24. The van der Waals surface area contributed by atoms with Crippen molar-refractivity contribution in [1.29, 1.82) is 0 Å². The number of nitrogens with one attached hydrogen (secondary N) is 1. The average molecular weight is 229 g/mol. The van der Waals surface area contributed by atoms with Gasteiger partial charge in [-0.05, 0) is 17.7 Å². The lowest BCUT2D eigenvalue weighted by molar-refractivity contribution is 0.638. The third-order valence-corrected chi connectivity index (χ3v) is 2.66. The molecular weight excluding hydrogens is 214 g/mol. The van der Waals surface area contributed by atoms with E-state index in [4.69, 9.17) is 17.3 Å². The number of hydrogen-bond acceptors (Lipinski definition) is 5. The number of anilines is 2. The van der Waals surface area contributed by atoms with Gasteiger partial charge in [-0.3, -0.25) is 5.84 Å². The molecule has 0 bridgehead atoms. The van der Waals surface area contributed by atoms with Crippen molar-refractivity contribution in [1.82, 2.24) is 10.4 Å². The zero-order chi connectivity index (χ0) is 12.3. The van der Waals surface area contributed by atoms with Crippen LogP contribution in [0, 0.1) is 0 Å². The van der Waals surface area contributed by atoms with Gasteiger partial charge >= 0.3 is 0 Å². The minimum atomic E-state index is -0.259. The van der Waals surface area contributed by atoms with E-state index >= 15 is 0 Å². The van der Waals surface area contributed by atoms with Gasteiger partial charge in [0.15, 0.2) is 0 Å². The number of hydrogen-bond donors (Lipinski definition) is 4. The van der Waals surface area contributed by atoms with Crippen molar-refractivity contribution in [3.05, 3.63) is 53.7 Å². The van der Waals surface area contributed by atoms with Gasteiger partial charge in [0.2, 0.25) is 0 Å². The molecular formula is C12H15N5. The highest BCUT2D eigenvalue weighted by Gasteiger charge is 2.17. The molecule has 2 rings (SSSR count). The molecule has 0 spiro atoms. The summed E-state index contributed by atoms with van der Waals surface area (Å²) in [5.41, 5.74) is 16.8. The number of nitrogens with two attached hydrogens (primary N) is 3. The number of rotatable bonds is 3. The molecule has 1 atom stereocenters. The summed E-state index contributed by atoms with van der Waals surface area (Å²) in [6.07, 6.45) is 1.64. The van der Waals surface area contributed by atoms with Crippen LogP contribution in [-0.2, 0) is 0 Å². The van der Waals surface area contributed by atoms with Gasteiger partial charge in [-0.2, -0.15) is 0 Å². The van der Waals surface area contributed by atoms with Gasteiger partial charge in [0.25, 0.3) is 0 Å². The van der Waals surface area contributed by atoms with Gasteiger partial charge in [-0.1, -0.05) is 24.3 Å². The predicted octanol–water partition coefficient (Wildman–Crippen LogP) is 0.799. The molecule has 0 amide bonds. The Morgan fingerprint density at radius 2 is 1.71 bits per heavy atom. The van der Waals surface area contributed by atoms with Crippen molar-refractivity contribution in [3.63, 3.8) is 0 Å². The molecule has 1 aromatic carbocycles. The van der Waals surface area contributed by atoms with Crippen LogP contribution in [0.2, 0.25) is 0 Å². The normalized spacial score (nSPS) is 12.3. The van der Waals surface area contributed by atoms with Crippen molar-refractivity contribution in [2.75, 3.05) is 11.5 Å². The third kappa shape index (κ3) is 2.20. The van der Waals surface area contributed by atoms with Crippen LogP contribution < -0.4 is 22.7 Å². The molecule has 0 aliphatic rings. The largest absolute Gasteiger partial charge is 0.398 e. The first-order valence-electron chi connectivity index (χ1n) is 5.25. The maximum absolute atomic E-state index is 5.93. The Kier molecular flexibility index (Phi) is 3.22. The van der Waals surface area contributed by atoms with Crippen LogP contribution in [0.3, 0.4) is 0 Å². The molecule has 0 aliphatic heterocycles. The second kappa shape index (κ2) is 4.82. The minimum absolute atomic E-state index is 0.259. The smallest absolute Gasteiger partial charge is 0.128 e. The van der Waals surface area contributed by atoms with E-state index in [-0.39, 0.29) is 6.04 Å². The zero-order valence-electron chi connectivity index (χ0n) is 9.30. The maximum Gasteiger partial charge on any atom is 0.128 e. The fourth-order valence-electron chi connectivity index (χ4n) is 1.79. The van der Waals surface area contributed by atoms with Gasteiger partial charge < -0.3 is 11.5 Å². The molecule has 0 aliphatic carbocycles. The predicted molar refractivity (Wildman–Crippen MR) is 68.7 cm³/mol. The molecule has 1 unspecified atom stereocenters. The molecule has 1 heterocycles. The second-order valence-electron chi connectivity index (χ2n) is 3.71. The standard InChI is InChI=1S/C12H15N5/c13-10-6-2-1-4-8(10)11(17-15)9-5-3-7-16-12(9)14/h1-7,11,17H,13,15H2,(H2,14,16). The fourth-order valence-corrected chi connectivity index (χ4v) is 1.79. The summed E-state index contributed by atoms with van der Waals surface area (Å²) in [4.78, 5) is 4.04. The minimum Gasteiger partial charge on any atom is -0.398 e. The summed E-state index contributed by atoms with van der Waals surface area (Å²) in [6.45, 7) is 0. The Labute approximate surface area is 99.6 Å². The average Bonchev–Trinajstić information content (AvgIpc) is 2.34. The summed E-state index contributed by atoms with van der Waals surface area (Å²) in [6, 6.07) is 10.9. The number of nitrogens with zero attached hydrogens (tertiary/aromatic N) is 1. The Morgan fingerprint density at radius 3 is 2.35 bits per heavy atom. The van der Waals surface area contributed by atoms with E-state index in [9.17, 15) is 0 Å². The first kappa shape index (κ1) is 11.4. The first-order valence-corrected chi connectivity index (χ1v) is 5.25. The quantitative estimate of drug-likeness (QED) is 0.354. The maximum atomic E-state index is 5.93. The number of nitrogen functional groups attached to an aromatic ring is 2. The van der Waals surface area contributed by atoms with E-state index in [0.717, 1.165) is 11.1 Å². The Hall–Kier alpha value is -2.11. The van der Waals surface area contributed by atoms with Gasteiger partial charge in [-0.15, -0.1) is 0 Å². The number of hydrazine groups is 1. The summed E-state index contributed by atoms with van der Waals surface area (Å²) in [7, 11) is 0. The molecule has 2 aromatic rings. The summed E-state index contributed by atoms with van der Waals surface area (Å²) >= 11 is 0. The SMILES string of the molecule is NNC(c1ccccc1N)c1cccnc1N. The number of pyridine rings is 1. The Bertz CT molecular complexity index is 466. The van der Waals surface area contributed by atoms with E-state index in [1.807, 2.05) is 36.4 Å². The fraction of sp³-hybridized carbons (Fsp3) is 0.0833. The molecule has 88 valence electrons. The van der Waals surface area contributed by atoms with Crippen LogP contribution in [0.4, 0.5) is 11.5 Å². The summed E-state index contributed by atoms with van der Waals surface area (Å²) in [5.74, 6) is 6.03. The molecule has 5 nitrogen and oxygen atoms in total. The molecule has 0 saturated heterocycles. The topological polar surface area (TPSA) is 103 Å². The van der Waals surface area contributed by atoms with E-state index in [0.29, 0.717) is 11.5 Å². The van der Waals surface area contributed by atoms with E-state index in [1.54, 1.807) is 6.20 Å². The third-order valence-electron chi connectivity index (χ3n) is 2.66. The summed E-state index contributed by atoms with van der Waals surface area (Å²) in [5, 5.41) is 0. The zero-order valence-corrected chi connectivity index (χ0v) is 9.30. The molecule has 7 N–H and O–H groups in total. The van der Waals surface area contributed by atoms with Crippen molar-refractivity contribution in [2.45, 2.75) is 6.04 Å². The number of aromatic nitrogens is 1. The molecule has 0 saturated carbocycles.